The van der Waals surface area contributed by atoms with Gasteiger partial charge in [-0.2, -0.15) is 0 Å². The van der Waals surface area contributed by atoms with Crippen molar-refractivity contribution in [2.45, 2.75) is 45.4 Å². The molecule has 0 aliphatic carbocycles. The van der Waals surface area contributed by atoms with E-state index in [0.717, 1.165) is 5.75 Å². The molecule has 0 aromatic heterocycles. The van der Waals surface area contributed by atoms with Crippen LogP contribution in [-0.2, 0) is 10.2 Å². The molecule has 1 amide bonds. The SMILES string of the molecule is CNC(=O)CC(C)c1ccc(OC)c(C(C)(C)C)c1. The maximum Gasteiger partial charge on any atom is 0.220 e. The topological polar surface area (TPSA) is 38.3 Å². The zero-order chi connectivity index (χ0) is 14.6. The lowest BCUT2D eigenvalue weighted by Crippen LogP contribution is -2.20. The Morgan fingerprint density at radius 3 is 2.47 bits per heavy atom. The molecule has 0 fully saturated rings. The Kier molecular flexibility index (Phi) is 4.98. The van der Waals surface area contributed by atoms with Crippen LogP contribution >= 0.6 is 0 Å². The quantitative estimate of drug-likeness (QED) is 0.905. The first-order valence-electron chi connectivity index (χ1n) is 6.68. The van der Waals surface area contributed by atoms with E-state index in [-0.39, 0.29) is 17.2 Å². The van der Waals surface area contributed by atoms with E-state index in [1.54, 1.807) is 14.2 Å². The average molecular weight is 263 g/mol. The maximum absolute atomic E-state index is 11.5. The lowest BCUT2D eigenvalue weighted by atomic mass is 9.83. The van der Waals surface area contributed by atoms with E-state index in [9.17, 15) is 4.79 Å². The van der Waals surface area contributed by atoms with Crippen LogP contribution in [0.15, 0.2) is 18.2 Å². The van der Waals surface area contributed by atoms with Crippen LogP contribution in [0.3, 0.4) is 0 Å². The lowest BCUT2D eigenvalue weighted by Gasteiger charge is -2.24. The summed E-state index contributed by atoms with van der Waals surface area (Å²) in [6, 6.07) is 6.20. The lowest BCUT2D eigenvalue weighted by molar-refractivity contribution is -0.120. The molecule has 106 valence electrons. The van der Waals surface area contributed by atoms with E-state index < -0.39 is 0 Å². The highest BCUT2D eigenvalue weighted by atomic mass is 16.5. The monoisotopic (exact) mass is 263 g/mol. The van der Waals surface area contributed by atoms with Crippen molar-refractivity contribution in [1.82, 2.24) is 5.32 Å². The highest BCUT2D eigenvalue weighted by Gasteiger charge is 2.21. The van der Waals surface area contributed by atoms with Crippen LogP contribution in [-0.4, -0.2) is 20.1 Å². The van der Waals surface area contributed by atoms with Gasteiger partial charge in [0.25, 0.3) is 0 Å². The molecule has 3 nitrogen and oxygen atoms in total. The zero-order valence-electron chi connectivity index (χ0n) is 12.8. The molecule has 1 unspecified atom stereocenters. The predicted octanol–water partition coefficient (Wildman–Crippen LogP) is 3.23. The second-order valence-corrected chi connectivity index (χ2v) is 5.99. The number of hydrogen-bond acceptors (Lipinski definition) is 2. The normalized spacial score (nSPS) is 12.9. The molecular weight excluding hydrogens is 238 g/mol. The van der Waals surface area contributed by atoms with E-state index >= 15 is 0 Å². The molecule has 1 aromatic rings. The van der Waals surface area contributed by atoms with Crippen LogP contribution in [0.4, 0.5) is 0 Å². The smallest absolute Gasteiger partial charge is 0.220 e. The van der Waals surface area contributed by atoms with Crippen molar-refractivity contribution in [3.8, 4) is 5.75 Å². The molecule has 0 radical (unpaired) electrons. The third-order valence-electron chi connectivity index (χ3n) is 3.37. The van der Waals surface area contributed by atoms with Gasteiger partial charge in [0.05, 0.1) is 7.11 Å². The second kappa shape index (κ2) is 6.09. The number of nitrogens with one attached hydrogen (secondary N) is 1. The Balaban J connectivity index is 3.08. The number of ether oxygens (including phenoxy) is 1. The van der Waals surface area contributed by atoms with Gasteiger partial charge in [0.1, 0.15) is 5.75 Å². The standard InChI is InChI=1S/C16H25NO2/c1-11(9-15(18)17-5)12-7-8-14(19-6)13(10-12)16(2,3)4/h7-8,10-11H,9H2,1-6H3,(H,17,18). The molecule has 0 heterocycles. The van der Waals surface area contributed by atoms with Crippen LogP contribution in [0.5, 0.6) is 5.75 Å². The van der Waals surface area contributed by atoms with Crippen molar-refractivity contribution in [2.24, 2.45) is 0 Å². The van der Waals surface area contributed by atoms with Gasteiger partial charge < -0.3 is 10.1 Å². The van der Waals surface area contributed by atoms with Crippen molar-refractivity contribution in [3.05, 3.63) is 29.3 Å². The molecule has 1 N–H and O–H groups in total. The fourth-order valence-electron chi connectivity index (χ4n) is 2.12. The average Bonchev–Trinajstić information content (AvgIpc) is 2.36. The predicted molar refractivity (Wildman–Crippen MR) is 78.8 cm³/mol. The van der Waals surface area contributed by atoms with Crippen molar-refractivity contribution >= 4 is 5.91 Å². The number of amides is 1. The first kappa shape index (κ1) is 15.5. The Hall–Kier alpha value is -1.51. The molecule has 0 saturated carbocycles. The van der Waals surface area contributed by atoms with Gasteiger partial charge in [-0.3, -0.25) is 4.79 Å². The highest BCUT2D eigenvalue weighted by molar-refractivity contribution is 5.76. The van der Waals surface area contributed by atoms with Gasteiger partial charge in [-0.15, -0.1) is 0 Å². The molecule has 0 aliphatic rings. The van der Waals surface area contributed by atoms with Crippen LogP contribution in [0.25, 0.3) is 0 Å². The summed E-state index contributed by atoms with van der Waals surface area (Å²) in [5, 5.41) is 2.67. The molecule has 19 heavy (non-hydrogen) atoms. The van der Waals surface area contributed by atoms with E-state index in [4.69, 9.17) is 4.74 Å². The van der Waals surface area contributed by atoms with Gasteiger partial charge in [0.15, 0.2) is 0 Å². The number of rotatable bonds is 4. The number of methoxy groups -OCH3 is 1. The third kappa shape index (κ3) is 3.98. The van der Waals surface area contributed by atoms with Crippen molar-refractivity contribution in [1.29, 1.82) is 0 Å². The minimum absolute atomic E-state index is 0.0219. The van der Waals surface area contributed by atoms with E-state index in [0.29, 0.717) is 6.42 Å². The number of benzene rings is 1. The van der Waals surface area contributed by atoms with Gasteiger partial charge in [0.2, 0.25) is 5.91 Å². The fraction of sp³-hybridized carbons (Fsp3) is 0.562. The van der Waals surface area contributed by atoms with Gasteiger partial charge in [-0.25, -0.2) is 0 Å². The Bertz CT molecular complexity index is 447. The first-order chi connectivity index (χ1) is 8.79. The summed E-state index contributed by atoms with van der Waals surface area (Å²) in [5.41, 5.74) is 2.37. The molecule has 3 heteroatoms. The molecule has 0 spiro atoms. The first-order valence-corrected chi connectivity index (χ1v) is 6.68. The Morgan fingerprint density at radius 1 is 1.37 bits per heavy atom. The summed E-state index contributed by atoms with van der Waals surface area (Å²) in [7, 11) is 3.36. The summed E-state index contributed by atoms with van der Waals surface area (Å²) in [6.45, 7) is 8.57. The summed E-state index contributed by atoms with van der Waals surface area (Å²) in [4.78, 5) is 11.5. The molecule has 1 aromatic carbocycles. The van der Waals surface area contributed by atoms with Crippen molar-refractivity contribution in [2.75, 3.05) is 14.2 Å². The van der Waals surface area contributed by atoms with E-state index in [2.05, 4.69) is 39.1 Å². The fourth-order valence-corrected chi connectivity index (χ4v) is 2.12. The number of hydrogen-bond donors (Lipinski definition) is 1. The molecule has 1 rings (SSSR count). The zero-order valence-corrected chi connectivity index (χ0v) is 12.8. The van der Waals surface area contributed by atoms with E-state index in [1.807, 2.05) is 12.1 Å². The van der Waals surface area contributed by atoms with Crippen LogP contribution < -0.4 is 10.1 Å². The van der Waals surface area contributed by atoms with Crippen molar-refractivity contribution in [3.63, 3.8) is 0 Å². The molecule has 0 aliphatic heterocycles. The minimum atomic E-state index is 0.0219. The summed E-state index contributed by atoms with van der Waals surface area (Å²) < 4.78 is 5.43. The Morgan fingerprint density at radius 2 is 2.00 bits per heavy atom. The summed E-state index contributed by atoms with van der Waals surface area (Å²) in [5.74, 6) is 1.18. The van der Waals surface area contributed by atoms with Gasteiger partial charge in [-0.05, 0) is 28.5 Å². The third-order valence-corrected chi connectivity index (χ3v) is 3.37. The molecular formula is C16H25NO2. The van der Waals surface area contributed by atoms with Gasteiger partial charge in [0, 0.05) is 13.5 Å². The van der Waals surface area contributed by atoms with Crippen molar-refractivity contribution < 1.29 is 9.53 Å². The molecule has 0 saturated heterocycles. The van der Waals surface area contributed by atoms with E-state index in [1.165, 1.54) is 11.1 Å². The van der Waals surface area contributed by atoms with Crippen LogP contribution in [0.2, 0.25) is 0 Å². The van der Waals surface area contributed by atoms with Gasteiger partial charge >= 0.3 is 0 Å². The molecule has 0 bridgehead atoms. The summed E-state index contributed by atoms with van der Waals surface area (Å²) in [6.07, 6.45) is 0.506. The van der Waals surface area contributed by atoms with Gasteiger partial charge in [-0.1, -0.05) is 39.8 Å². The summed E-state index contributed by atoms with van der Waals surface area (Å²) >= 11 is 0. The highest BCUT2D eigenvalue weighted by Crippen LogP contribution is 2.34. The van der Waals surface area contributed by atoms with Crippen LogP contribution in [0, 0.1) is 0 Å². The Labute approximate surface area is 116 Å². The maximum atomic E-state index is 11.5. The minimum Gasteiger partial charge on any atom is -0.496 e. The number of carbonyl (C=O) groups is 1. The van der Waals surface area contributed by atoms with Crippen LogP contribution in [0.1, 0.15) is 51.2 Å². The second-order valence-electron chi connectivity index (χ2n) is 5.99. The largest absolute Gasteiger partial charge is 0.496 e. The molecule has 1 atom stereocenters. The number of carbonyl (C=O) groups excluding carboxylic acids is 1.